The van der Waals surface area contributed by atoms with Crippen LogP contribution in [0, 0.1) is 11.8 Å². The first-order valence-corrected chi connectivity index (χ1v) is 29.6. The number of amides is 12. The maximum absolute atomic E-state index is 14.2. The molecule has 3 rings (SSSR count). The van der Waals surface area contributed by atoms with Crippen LogP contribution in [0.25, 0.3) is 0 Å². The van der Waals surface area contributed by atoms with Gasteiger partial charge in [-0.1, -0.05) is 39.8 Å². The Morgan fingerprint density at radius 1 is 0.538 bits per heavy atom. The minimum atomic E-state index is -1.89. The third-order valence-electron chi connectivity index (χ3n) is 14.6. The Kier molecular flexibility index (Phi) is 30.9. The van der Waals surface area contributed by atoms with Crippen LogP contribution in [-0.2, 0) is 73.5 Å². The number of aromatic hydroxyl groups is 1. The fourth-order valence-electron chi connectivity index (χ4n) is 10.1. The van der Waals surface area contributed by atoms with E-state index in [1.165, 1.54) is 24.3 Å². The first-order chi connectivity index (χ1) is 42.8. The van der Waals surface area contributed by atoms with Crippen molar-refractivity contribution in [2.75, 3.05) is 32.8 Å². The highest BCUT2D eigenvalue weighted by Crippen LogP contribution is 2.22. The van der Waals surface area contributed by atoms with Crippen LogP contribution in [0.4, 0.5) is 0 Å². The van der Waals surface area contributed by atoms with Crippen molar-refractivity contribution < 1.29 is 92.7 Å². The second-order valence-electron chi connectivity index (χ2n) is 23.0. The number of guanidine groups is 1. The summed E-state index contributed by atoms with van der Waals surface area (Å²) in [5.74, 6) is -15.9. The van der Waals surface area contributed by atoms with Gasteiger partial charge >= 0.3 is 11.9 Å². The average molecular weight is 1290 g/mol. The van der Waals surface area contributed by atoms with E-state index in [9.17, 15) is 92.7 Å². The highest BCUT2D eigenvalue weighted by atomic mass is 16.4. The number of aliphatic imine (C=N–C) groups is 1. The van der Waals surface area contributed by atoms with Gasteiger partial charge < -0.3 is 107 Å². The average Bonchev–Trinajstić information content (AvgIpc) is 1.98. The zero-order valence-electron chi connectivity index (χ0n) is 51.2. The SMILES string of the molecule is CC(C)C[C@H](NC(=O)[C@H](CC(N)=O)NC(=O)[C@H](CCC(=O)O)NC(=O)[C@@H]1CCCN1C(=O)[C@H](CC(N)=O)NC(=O)[C@H](CO)NC(=O)[C@@H]1CCCN1C(=O)[C@H](CO)NC(=O)[C@H](CCCN=C(N)N)NC(=O)[C@H](Cc1ccc(O)cc1)NC(=O)[C@@H](N)CC(C)C)C(=O)O. The summed E-state index contributed by atoms with van der Waals surface area (Å²) in [4.78, 5) is 192. The fourth-order valence-corrected chi connectivity index (χ4v) is 10.1. The Morgan fingerprint density at radius 2 is 0.967 bits per heavy atom. The normalized spacial score (nSPS) is 17.5. The molecule has 35 heteroatoms. The molecule has 2 aliphatic heterocycles. The van der Waals surface area contributed by atoms with Crippen LogP contribution in [-0.4, -0.2) is 223 Å². The number of carbonyl (C=O) groups is 14. The molecule has 0 bridgehead atoms. The minimum Gasteiger partial charge on any atom is -0.508 e. The van der Waals surface area contributed by atoms with Crippen LogP contribution >= 0.6 is 0 Å². The number of nitrogens with one attached hydrogen (secondary N) is 8. The molecule has 0 unspecified atom stereocenters. The number of nitrogens with two attached hydrogens (primary N) is 5. The Labute approximate surface area is 523 Å². The summed E-state index contributed by atoms with van der Waals surface area (Å²) in [5.41, 5.74) is 28.4. The number of nitrogens with zero attached hydrogens (tertiary/aromatic N) is 3. The van der Waals surface area contributed by atoms with Gasteiger partial charge in [-0.25, -0.2) is 4.79 Å². The second kappa shape index (κ2) is 37.0. The van der Waals surface area contributed by atoms with E-state index in [-0.39, 0.29) is 101 Å². The van der Waals surface area contributed by atoms with Gasteiger partial charge in [0.2, 0.25) is 70.9 Å². The molecule has 2 saturated heterocycles. The van der Waals surface area contributed by atoms with Gasteiger partial charge in [-0.3, -0.25) is 67.3 Å². The van der Waals surface area contributed by atoms with Crippen molar-refractivity contribution in [2.24, 2.45) is 45.5 Å². The molecule has 91 heavy (non-hydrogen) atoms. The van der Waals surface area contributed by atoms with Crippen molar-refractivity contribution in [1.82, 2.24) is 52.3 Å². The molecule has 0 spiro atoms. The van der Waals surface area contributed by atoms with E-state index < -0.39 is 188 Å². The van der Waals surface area contributed by atoms with Gasteiger partial charge in [0.1, 0.15) is 66.2 Å². The van der Waals surface area contributed by atoms with Gasteiger partial charge in [-0.05, 0) is 87.3 Å². The number of benzene rings is 1. The van der Waals surface area contributed by atoms with Crippen LogP contribution < -0.4 is 71.2 Å². The second-order valence-corrected chi connectivity index (χ2v) is 23.0. The summed E-state index contributed by atoms with van der Waals surface area (Å²) in [5, 5.41) is 68.8. The molecule has 11 atom stereocenters. The van der Waals surface area contributed by atoms with Crippen LogP contribution in [0.5, 0.6) is 5.75 Å². The summed E-state index contributed by atoms with van der Waals surface area (Å²) in [6.07, 6.45) is -2.92. The number of phenols is 1. The van der Waals surface area contributed by atoms with Crippen molar-refractivity contribution in [2.45, 2.75) is 178 Å². The van der Waals surface area contributed by atoms with E-state index in [1.807, 2.05) is 13.8 Å². The van der Waals surface area contributed by atoms with Crippen LogP contribution in [0.3, 0.4) is 0 Å². The number of primary amides is 2. The highest BCUT2D eigenvalue weighted by Gasteiger charge is 2.43. The molecule has 2 fully saturated rings. The predicted octanol–water partition coefficient (Wildman–Crippen LogP) is -7.05. The maximum atomic E-state index is 14.2. The largest absolute Gasteiger partial charge is 0.508 e. The fraction of sp³-hybridized carbons (Fsp3) is 0.625. The number of aliphatic hydroxyl groups is 2. The highest BCUT2D eigenvalue weighted by molar-refractivity contribution is 6.00. The summed E-state index contributed by atoms with van der Waals surface area (Å²) >= 11 is 0. The molecule has 1 aromatic rings. The van der Waals surface area contributed by atoms with E-state index in [0.717, 1.165) is 9.80 Å². The zero-order valence-corrected chi connectivity index (χ0v) is 51.2. The molecular weight excluding hydrogens is 1200 g/mol. The smallest absolute Gasteiger partial charge is 0.326 e. The quantitative estimate of drug-likeness (QED) is 0.0166. The number of rotatable bonds is 38. The van der Waals surface area contributed by atoms with Crippen LogP contribution in [0.1, 0.15) is 110 Å². The van der Waals surface area contributed by atoms with E-state index in [0.29, 0.717) is 5.56 Å². The van der Waals surface area contributed by atoms with Crippen LogP contribution in [0.2, 0.25) is 0 Å². The van der Waals surface area contributed by atoms with Crippen molar-refractivity contribution in [1.29, 1.82) is 0 Å². The molecular formula is C56H88N16O19. The number of aliphatic hydroxyl groups excluding tert-OH is 2. The van der Waals surface area contributed by atoms with Crippen molar-refractivity contribution in [3.63, 3.8) is 0 Å². The van der Waals surface area contributed by atoms with E-state index in [4.69, 9.17) is 28.7 Å². The van der Waals surface area contributed by atoms with Gasteiger partial charge in [-0.2, -0.15) is 0 Å². The van der Waals surface area contributed by atoms with E-state index in [1.54, 1.807) is 13.8 Å². The molecule has 506 valence electrons. The molecule has 0 aromatic heterocycles. The molecule has 0 saturated carbocycles. The number of hydrogen-bond donors (Lipinski definition) is 18. The number of likely N-dealkylation sites (tertiary alicyclic amines) is 2. The topological polar surface area (TPSA) is 585 Å². The minimum absolute atomic E-state index is 0.0102. The molecule has 2 aliphatic rings. The summed E-state index contributed by atoms with van der Waals surface area (Å²) < 4.78 is 0. The summed E-state index contributed by atoms with van der Waals surface area (Å²) in [6, 6.07) is -11.5. The zero-order chi connectivity index (χ0) is 68.4. The molecule has 1 aromatic carbocycles. The number of hydrogen-bond acceptors (Lipinski definition) is 19. The van der Waals surface area contributed by atoms with Gasteiger partial charge in [0.15, 0.2) is 5.96 Å². The number of phenolic OH excluding ortho intramolecular Hbond substituents is 1. The summed E-state index contributed by atoms with van der Waals surface area (Å²) in [7, 11) is 0. The molecule has 12 amide bonds. The standard InChI is InChI=1S/C56H88N16O19/c1-27(2)20-31(57)45(80)65-34(22-29-11-13-30(75)14-12-29)48(83)63-32(8-5-17-62-56(60)61)46(81)70-39(26-74)54(89)72-19-7-10-41(72)52(87)69-38(25-73)50(85)67-36(24-43(59)77)53(88)71-18-6-9-40(71)51(86)64-33(15-16-44(78)79)47(82)66-35(23-42(58)76)49(84)68-37(55(90)91)21-28(3)4/h11-14,27-28,31-41,73-75H,5-10,15-26,57H2,1-4H3,(H2,58,76)(H2,59,77)(H,63,83)(H,64,86)(H,65,80)(H,66,82)(H,67,85)(H,68,84)(H,69,87)(H,70,81)(H,78,79)(H,90,91)(H4,60,61,62)/t31-,32-,33-,34-,35-,36-,37-,38-,39-,40-,41-/m0/s1. The number of aliphatic carboxylic acids is 2. The Balaban J connectivity index is 1.81. The predicted molar refractivity (Wildman–Crippen MR) is 320 cm³/mol. The van der Waals surface area contributed by atoms with Crippen molar-refractivity contribution in [3.8, 4) is 5.75 Å². The number of carboxylic acid groups (broad SMARTS) is 2. The van der Waals surface area contributed by atoms with Crippen LogP contribution in [0.15, 0.2) is 29.3 Å². The third kappa shape index (κ3) is 25.3. The summed E-state index contributed by atoms with van der Waals surface area (Å²) in [6.45, 7) is 4.53. The molecule has 23 N–H and O–H groups in total. The lowest BCUT2D eigenvalue weighted by molar-refractivity contribution is -0.145. The maximum Gasteiger partial charge on any atom is 0.326 e. The Hall–Kier alpha value is -9.25. The molecule has 0 radical (unpaired) electrons. The lowest BCUT2D eigenvalue weighted by atomic mass is 10.0. The first kappa shape index (κ1) is 76.0. The molecule has 35 nitrogen and oxygen atoms in total. The number of carboxylic acids is 2. The van der Waals surface area contributed by atoms with Gasteiger partial charge in [0.05, 0.1) is 32.1 Å². The Morgan fingerprint density at radius 3 is 1.46 bits per heavy atom. The lowest BCUT2D eigenvalue weighted by Gasteiger charge is -2.31. The Bertz CT molecular complexity index is 2800. The van der Waals surface area contributed by atoms with Gasteiger partial charge in [0, 0.05) is 32.5 Å². The third-order valence-corrected chi connectivity index (χ3v) is 14.6. The van der Waals surface area contributed by atoms with E-state index >= 15 is 0 Å². The van der Waals surface area contributed by atoms with Gasteiger partial charge in [0.25, 0.3) is 0 Å². The molecule has 2 heterocycles. The van der Waals surface area contributed by atoms with Gasteiger partial charge in [-0.15, -0.1) is 0 Å². The lowest BCUT2D eigenvalue weighted by Crippen LogP contribution is -2.61. The number of carbonyl (C=O) groups excluding carboxylic acids is 12. The molecule has 0 aliphatic carbocycles. The monoisotopic (exact) mass is 1290 g/mol. The van der Waals surface area contributed by atoms with E-state index in [2.05, 4.69) is 47.5 Å². The first-order valence-electron chi connectivity index (χ1n) is 29.6. The van der Waals surface area contributed by atoms with Crippen molar-refractivity contribution in [3.05, 3.63) is 29.8 Å². The van der Waals surface area contributed by atoms with Crippen molar-refractivity contribution >= 4 is 88.8 Å².